The molecule has 0 fully saturated rings. The fourth-order valence-electron chi connectivity index (χ4n) is 3.71. The van der Waals surface area contributed by atoms with Gasteiger partial charge in [0.25, 0.3) is 0 Å². The van der Waals surface area contributed by atoms with E-state index in [1.54, 1.807) is 43.3 Å². The molecule has 3 rings (SSSR count). The van der Waals surface area contributed by atoms with Gasteiger partial charge in [0.2, 0.25) is 15.9 Å². The second-order valence-electron chi connectivity index (χ2n) is 8.22. The number of sulfonamides is 1. The average molecular weight is 541 g/mol. The molecule has 1 N–H and O–H groups in total. The molecule has 38 heavy (non-hydrogen) atoms. The van der Waals surface area contributed by atoms with E-state index in [1.165, 1.54) is 51.7 Å². The van der Waals surface area contributed by atoms with E-state index in [1.807, 2.05) is 0 Å². The van der Waals surface area contributed by atoms with Crippen molar-refractivity contribution in [3.05, 3.63) is 89.0 Å². The van der Waals surface area contributed by atoms with Gasteiger partial charge in [0.15, 0.2) is 0 Å². The molecule has 10 nitrogen and oxygen atoms in total. The number of carbonyl (C=O) groups excluding carboxylic acids is 3. The Balaban J connectivity index is 1.94. The number of hydrogen-bond donors (Lipinski definition) is 1. The number of carbonyl (C=O) groups is 3. The maximum atomic E-state index is 13.6. The summed E-state index contributed by atoms with van der Waals surface area (Å²) in [4.78, 5) is 37.2. The van der Waals surface area contributed by atoms with E-state index in [-0.39, 0.29) is 28.3 Å². The van der Waals surface area contributed by atoms with Crippen LogP contribution in [-0.4, -0.2) is 58.4 Å². The Morgan fingerprint density at radius 3 is 1.97 bits per heavy atom. The molecule has 0 saturated heterocycles. The van der Waals surface area contributed by atoms with Gasteiger partial charge in [-0.1, -0.05) is 30.3 Å². The summed E-state index contributed by atoms with van der Waals surface area (Å²) in [7, 11) is -0.269. The molecule has 1 amide bonds. The van der Waals surface area contributed by atoms with Gasteiger partial charge in [0.1, 0.15) is 5.75 Å². The van der Waals surface area contributed by atoms with Gasteiger partial charge in [-0.15, -0.1) is 0 Å². The van der Waals surface area contributed by atoms with Crippen LogP contribution < -0.4 is 10.1 Å². The fraction of sp³-hybridized carbons (Fsp3) is 0.222. The molecule has 11 heteroatoms. The summed E-state index contributed by atoms with van der Waals surface area (Å²) in [6.07, 6.45) is 0. The Hall–Kier alpha value is -4.22. The first-order valence-electron chi connectivity index (χ1n) is 11.4. The SMILES string of the molecule is COC(=O)c1cc(NC(=O)CN(Cc2ccccc2)S(=O)(=O)c2ccc(OC)c(C)c2)cc(C(=O)OC)c1. The quantitative estimate of drug-likeness (QED) is 0.388. The second-order valence-corrected chi connectivity index (χ2v) is 10.2. The average Bonchev–Trinajstić information content (AvgIpc) is 2.91. The minimum absolute atomic E-state index is 0.000183. The van der Waals surface area contributed by atoms with Crippen LogP contribution in [0.1, 0.15) is 31.8 Å². The molecule has 0 aliphatic rings. The number of nitrogens with zero attached hydrogens (tertiary/aromatic N) is 1. The highest BCUT2D eigenvalue weighted by Gasteiger charge is 2.28. The molecule has 0 aliphatic carbocycles. The lowest BCUT2D eigenvalue weighted by Crippen LogP contribution is -2.37. The third kappa shape index (κ3) is 6.75. The van der Waals surface area contributed by atoms with Gasteiger partial charge in [0, 0.05) is 12.2 Å². The van der Waals surface area contributed by atoms with E-state index < -0.39 is 34.4 Å². The lowest BCUT2D eigenvalue weighted by Gasteiger charge is -2.22. The monoisotopic (exact) mass is 540 g/mol. The van der Waals surface area contributed by atoms with E-state index in [0.717, 1.165) is 4.31 Å². The Kier molecular flexibility index (Phi) is 9.21. The summed E-state index contributed by atoms with van der Waals surface area (Å²) in [5.74, 6) is -1.61. The number of aryl methyl sites for hydroxylation is 1. The third-order valence-electron chi connectivity index (χ3n) is 5.58. The summed E-state index contributed by atoms with van der Waals surface area (Å²) in [5.41, 5.74) is 1.40. The largest absolute Gasteiger partial charge is 0.496 e. The van der Waals surface area contributed by atoms with Crippen molar-refractivity contribution in [1.82, 2.24) is 4.31 Å². The molecular formula is C27H28N2O8S. The van der Waals surface area contributed by atoms with E-state index >= 15 is 0 Å². The number of amides is 1. The lowest BCUT2D eigenvalue weighted by molar-refractivity contribution is -0.116. The van der Waals surface area contributed by atoms with Crippen LogP contribution in [0.25, 0.3) is 0 Å². The summed E-state index contributed by atoms with van der Waals surface area (Å²) in [6, 6.07) is 17.2. The van der Waals surface area contributed by atoms with Crippen molar-refractivity contribution < 1.29 is 37.0 Å². The van der Waals surface area contributed by atoms with Gasteiger partial charge >= 0.3 is 11.9 Å². The number of anilines is 1. The number of hydrogen-bond acceptors (Lipinski definition) is 8. The van der Waals surface area contributed by atoms with Crippen molar-refractivity contribution >= 4 is 33.6 Å². The number of esters is 2. The van der Waals surface area contributed by atoms with Crippen molar-refractivity contribution in [3.63, 3.8) is 0 Å². The predicted octanol–water partition coefficient (Wildman–Crippen LogP) is 3.41. The topological polar surface area (TPSA) is 128 Å². The maximum Gasteiger partial charge on any atom is 0.337 e. The minimum Gasteiger partial charge on any atom is -0.496 e. The van der Waals surface area contributed by atoms with Crippen molar-refractivity contribution in [2.45, 2.75) is 18.4 Å². The number of nitrogens with one attached hydrogen (secondary N) is 1. The van der Waals surface area contributed by atoms with E-state index in [4.69, 9.17) is 14.2 Å². The molecule has 200 valence electrons. The first-order chi connectivity index (χ1) is 18.1. The van der Waals surface area contributed by atoms with Crippen LogP contribution in [0.15, 0.2) is 71.6 Å². The molecule has 0 radical (unpaired) electrons. The fourth-order valence-corrected chi connectivity index (χ4v) is 5.18. The number of methoxy groups -OCH3 is 3. The van der Waals surface area contributed by atoms with Crippen LogP contribution in [-0.2, 0) is 30.8 Å². The molecule has 3 aromatic carbocycles. The van der Waals surface area contributed by atoms with Crippen LogP contribution in [0.3, 0.4) is 0 Å². The molecule has 0 unspecified atom stereocenters. The van der Waals surface area contributed by atoms with Gasteiger partial charge in [-0.25, -0.2) is 18.0 Å². The third-order valence-corrected chi connectivity index (χ3v) is 7.37. The standard InChI is InChI=1S/C27H28N2O8S/c1-18-12-23(10-11-24(18)35-2)38(33,34)29(16-19-8-6-5-7-9-19)17-25(30)28-22-14-20(26(31)36-3)13-21(15-22)27(32)37-4/h5-15H,16-17H2,1-4H3,(H,28,30). The van der Waals surface area contributed by atoms with Crippen molar-refractivity contribution in [2.75, 3.05) is 33.2 Å². The summed E-state index contributed by atoms with van der Waals surface area (Å²) < 4.78 is 43.0. The number of ether oxygens (including phenoxy) is 3. The minimum atomic E-state index is -4.12. The van der Waals surface area contributed by atoms with E-state index in [0.29, 0.717) is 16.9 Å². The van der Waals surface area contributed by atoms with Crippen molar-refractivity contribution in [3.8, 4) is 5.75 Å². The summed E-state index contributed by atoms with van der Waals surface area (Å²) in [6.45, 7) is 1.11. The Morgan fingerprint density at radius 1 is 0.842 bits per heavy atom. The molecule has 0 saturated carbocycles. The molecule has 0 aromatic heterocycles. The van der Waals surface area contributed by atoms with Crippen LogP contribution >= 0.6 is 0 Å². The summed E-state index contributed by atoms with van der Waals surface area (Å²) in [5, 5.41) is 2.57. The Morgan fingerprint density at radius 2 is 1.45 bits per heavy atom. The smallest absolute Gasteiger partial charge is 0.337 e. The van der Waals surface area contributed by atoms with Gasteiger partial charge in [-0.2, -0.15) is 4.31 Å². The Bertz CT molecular complexity index is 1400. The normalized spacial score (nSPS) is 11.1. The molecule has 0 atom stereocenters. The molecule has 0 spiro atoms. The van der Waals surface area contributed by atoms with E-state index in [2.05, 4.69) is 5.32 Å². The Labute approximate surface area is 221 Å². The lowest BCUT2D eigenvalue weighted by atomic mass is 10.1. The zero-order valence-corrected chi connectivity index (χ0v) is 22.2. The van der Waals surface area contributed by atoms with Crippen molar-refractivity contribution in [2.24, 2.45) is 0 Å². The molecule has 3 aromatic rings. The zero-order chi connectivity index (χ0) is 27.9. The molecular weight excluding hydrogens is 512 g/mol. The number of benzene rings is 3. The highest BCUT2D eigenvalue weighted by Crippen LogP contribution is 2.25. The van der Waals surface area contributed by atoms with E-state index in [9.17, 15) is 22.8 Å². The van der Waals surface area contributed by atoms with Crippen LogP contribution in [0, 0.1) is 6.92 Å². The highest BCUT2D eigenvalue weighted by molar-refractivity contribution is 7.89. The highest BCUT2D eigenvalue weighted by atomic mass is 32.2. The predicted molar refractivity (Wildman–Crippen MR) is 140 cm³/mol. The summed E-state index contributed by atoms with van der Waals surface area (Å²) >= 11 is 0. The second kappa shape index (κ2) is 12.3. The first kappa shape index (κ1) is 28.4. The van der Waals surface area contributed by atoms with Crippen LogP contribution in [0.4, 0.5) is 5.69 Å². The van der Waals surface area contributed by atoms with Crippen molar-refractivity contribution in [1.29, 1.82) is 0 Å². The zero-order valence-electron chi connectivity index (χ0n) is 21.4. The van der Waals surface area contributed by atoms with Gasteiger partial charge in [-0.3, -0.25) is 4.79 Å². The molecule has 0 heterocycles. The molecule has 0 aliphatic heterocycles. The molecule has 0 bridgehead atoms. The van der Waals surface area contributed by atoms with Gasteiger partial charge < -0.3 is 19.5 Å². The first-order valence-corrected chi connectivity index (χ1v) is 12.8. The van der Waals surface area contributed by atoms with Crippen LogP contribution in [0.2, 0.25) is 0 Å². The van der Waals surface area contributed by atoms with Crippen LogP contribution in [0.5, 0.6) is 5.75 Å². The number of rotatable bonds is 10. The van der Waals surface area contributed by atoms with Gasteiger partial charge in [-0.05, 0) is 54.4 Å². The van der Waals surface area contributed by atoms with Gasteiger partial charge in [0.05, 0.1) is 43.9 Å². The maximum absolute atomic E-state index is 13.6.